The second-order valence-corrected chi connectivity index (χ2v) is 6.53. The monoisotopic (exact) mass is 388 g/mol. The van der Waals surface area contributed by atoms with Crippen LogP contribution in [0.5, 0.6) is 5.75 Å². The third-order valence-corrected chi connectivity index (χ3v) is 4.58. The average Bonchev–Trinajstić information content (AvgIpc) is 2.72. The Morgan fingerprint density at radius 2 is 1.62 bits per heavy atom. The van der Waals surface area contributed by atoms with Gasteiger partial charge >= 0.3 is 11.3 Å². The van der Waals surface area contributed by atoms with E-state index in [1.165, 1.54) is 26.2 Å². The van der Waals surface area contributed by atoms with Gasteiger partial charge in [-0.1, -0.05) is 18.2 Å². The van der Waals surface area contributed by atoms with Crippen molar-refractivity contribution in [3.63, 3.8) is 0 Å². The predicted octanol–water partition coefficient (Wildman–Crippen LogP) is 4.19. The lowest BCUT2D eigenvalue weighted by Crippen LogP contribution is -2.15. The van der Waals surface area contributed by atoms with Gasteiger partial charge in [0.2, 0.25) is 0 Å². The fraction of sp³-hybridized carbons (Fsp3) is 0.0870. The first-order valence-electron chi connectivity index (χ1n) is 8.84. The van der Waals surface area contributed by atoms with Crippen molar-refractivity contribution < 1.29 is 18.4 Å². The maximum Gasteiger partial charge on any atom is 0.347 e. The molecule has 144 valence electrons. The van der Waals surface area contributed by atoms with Crippen LogP contribution in [-0.4, -0.2) is 12.9 Å². The van der Waals surface area contributed by atoms with E-state index >= 15 is 0 Å². The van der Waals surface area contributed by atoms with Crippen LogP contribution in [0.1, 0.15) is 22.8 Å². The molecule has 0 atom stereocenters. The van der Waals surface area contributed by atoms with Crippen LogP contribution in [0.3, 0.4) is 0 Å². The Hall–Kier alpha value is -3.93. The quantitative estimate of drug-likeness (QED) is 0.296. The molecule has 29 heavy (non-hydrogen) atoms. The minimum absolute atomic E-state index is 0.121. The van der Waals surface area contributed by atoms with E-state index in [2.05, 4.69) is 0 Å². The summed E-state index contributed by atoms with van der Waals surface area (Å²) in [6.45, 7) is 1.53. The lowest BCUT2D eigenvalue weighted by Gasteiger charge is -2.05. The Bertz CT molecular complexity index is 1400. The van der Waals surface area contributed by atoms with Crippen LogP contribution in [-0.2, 0) is 0 Å². The molecule has 0 saturated carbocycles. The second kappa shape index (κ2) is 7.24. The molecule has 0 N–H and O–H groups in total. The lowest BCUT2D eigenvalue weighted by molar-refractivity contribution is 0.103. The summed E-state index contributed by atoms with van der Waals surface area (Å²) in [5.41, 5.74) is -0.183. The first-order valence-corrected chi connectivity index (χ1v) is 8.84. The van der Waals surface area contributed by atoms with Gasteiger partial charge in [0.05, 0.1) is 12.7 Å². The van der Waals surface area contributed by atoms with E-state index in [1.54, 1.807) is 42.5 Å². The fourth-order valence-corrected chi connectivity index (χ4v) is 3.08. The van der Waals surface area contributed by atoms with Crippen molar-refractivity contribution in [1.82, 2.24) is 0 Å². The van der Waals surface area contributed by atoms with E-state index in [0.717, 1.165) is 5.39 Å². The maximum atomic E-state index is 12.9. The van der Waals surface area contributed by atoms with Crippen molar-refractivity contribution >= 4 is 33.8 Å². The molecule has 0 unspecified atom stereocenters. The molecular weight excluding hydrogens is 372 g/mol. The van der Waals surface area contributed by atoms with Crippen LogP contribution in [0.15, 0.2) is 78.6 Å². The number of Topliss-reactive ketones (excluding diaryl/α,β-unsaturated/α-hetero) is 1. The highest BCUT2D eigenvalue weighted by molar-refractivity contribution is 6.11. The molecule has 0 spiro atoms. The van der Waals surface area contributed by atoms with Crippen LogP contribution in [0.25, 0.3) is 28.0 Å². The second-order valence-electron chi connectivity index (χ2n) is 6.53. The molecule has 0 radical (unpaired) electrons. The number of hydrogen-bond acceptors (Lipinski definition) is 6. The highest BCUT2D eigenvalue weighted by Crippen LogP contribution is 2.21. The summed E-state index contributed by atoms with van der Waals surface area (Å²) in [6, 6.07) is 15.1. The van der Waals surface area contributed by atoms with Gasteiger partial charge in [-0.2, -0.15) is 0 Å². The minimum atomic E-state index is -0.744. The average molecular weight is 388 g/mol. The van der Waals surface area contributed by atoms with Crippen molar-refractivity contribution in [3.05, 3.63) is 92.1 Å². The number of carbonyl (C=O) groups is 1. The largest absolute Gasteiger partial charge is 0.497 e. The van der Waals surface area contributed by atoms with Gasteiger partial charge in [0.15, 0.2) is 5.78 Å². The highest BCUT2D eigenvalue weighted by Gasteiger charge is 2.16. The Morgan fingerprint density at radius 1 is 0.897 bits per heavy atom. The molecule has 0 saturated heterocycles. The van der Waals surface area contributed by atoms with Crippen LogP contribution >= 0.6 is 0 Å². The van der Waals surface area contributed by atoms with Gasteiger partial charge in [-0.15, -0.1) is 0 Å². The first kappa shape index (κ1) is 18.4. The molecule has 2 aromatic carbocycles. The molecule has 4 rings (SSSR count). The van der Waals surface area contributed by atoms with Crippen molar-refractivity contribution in [2.75, 3.05) is 7.11 Å². The molecule has 0 fully saturated rings. The summed E-state index contributed by atoms with van der Waals surface area (Å²) in [5.74, 6) is 0.0433. The number of methoxy groups -OCH3 is 1. The van der Waals surface area contributed by atoms with Crippen molar-refractivity contribution in [3.8, 4) is 5.75 Å². The molecule has 6 nitrogen and oxygen atoms in total. The SMILES string of the molecule is COc1ccc2oc(=O)c(C(=O)/C(C)=C/c3cc4ccccc4oc3=O)cc2c1. The van der Waals surface area contributed by atoms with Crippen LogP contribution in [0, 0.1) is 0 Å². The minimum Gasteiger partial charge on any atom is -0.497 e. The van der Waals surface area contributed by atoms with Crippen LogP contribution < -0.4 is 16.0 Å². The number of ether oxygens (including phenoxy) is 1. The summed E-state index contributed by atoms with van der Waals surface area (Å²) in [4.78, 5) is 37.4. The zero-order valence-corrected chi connectivity index (χ0v) is 15.7. The van der Waals surface area contributed by atoms with Gasteiger partial charge in [-0.05, 0) is 55.0 Å². The molecule has 0 aliphatic rings. The van der Waals surface area contributed by atoms with Gasteiger partial charge in [-0.3, -0.25) is 4.79 Å². The Labute approximate surface area is 164 Å². The topological polar surface area (TPSA) is 86.7 Å². The standard InChI is InChI=1S/C23H16O6/c1-13(9-16-10-14-5-3-4-6-19(14)28-22(16)25)21(24)18-12-15-11-17(27-2)7-8-20(15)29-23(18)26/h3-12H,1-2H3/b13-9+. The van der Waals surface area contributed by atoms with E-state index in [-0.39, 0.29) is 16.7 Å². The molecule has 6 heteroatoms. The highest BCUT2D eigenvalue weighted by atomic mass is 16.5. The van der Waals surface area contributed by atoms with Crippen LogP contribution in [0.2, 0.25) is 0 Å². The summed E-state index contributed by atoms with van der Waals surface area (Å²) < 4.78 is 15.7. The number of carbonyl (C=O) groups excluding carboxylic acids is 1. The lowest BCUT2D eigenvalue weighted by atomic mass is 10.0. The number of hydrogen-bond donors (Lipinski definition) is 0. The van der Waals surface area contributed by atoms with E-state index in [1.807, 2.05) is 6.07 Å². The number of fused-ring (bicyclic) bond motifs is 2. The number of rotatable bonds is 4. The predicted molar refractivity (Wildman–Crippen MR) is 110 cm³/mol. The number of para-hydroxylation sites is 1. The normalized spacial score (nSPS) is 11.7. The van der Waals surface area contributed by atoms with E-state index in [4.69, 9.17) is 13.6 Å². The number of allylic oxidation sites excluding steroid dienone is 1. The molecular formula is C23H16O6. The van der Waals surface area contributed by atoms with Gasteiger partial charge in [0.25, 0.3) is 0 Å². The zero-order chi connectivity index (χ0) is 20.5. The Balaban J connectivity index is 1.78. The first-order chi connectivity index (χ1) is 14.0. The smallest absolute Gasteiger partial charge is 0.347 e. The van der Waals surface area contributed by atoms with E-state index < -0.39 is 17.0 Å². The number of benzene rings is 2. The van der Waals surface area contributed by atoms with Gasteiger partial charge < -0.3 is 13.6 Å². The van der Waals surface area contributed by atoms with Gasteiger partial charge in [0.1, 0.15) is 22.5 Å². The summed E-state index contributed by atoms with van der Waals surface area (Å²) >= 11 is 0. The third-order valence-electron chi connectivity index (χ3n) is 4.58. The fourth-order valence-electron chi connectivity index (χ4n) is 3.08. The van der Waals surface area contributed by atoms with Crippen molar-refractivity contribution in [1.29, 1.82) is 0 Å². The Kier molecular flexibility index (Phi) is 4.60. The molecule has 4 aromatic rings. The molecule has 0 aliphatic carbocycles. The zero-order valence-electron chi connectivity index (χ0n) is 15.7. The van der Waals surface area contributed by atoms with E-state index in [0.29, 0.717) is 22.3 Å². The van der Waals surface area contributed by atoms with Gasteiger partial charge in [-0.25, -0.2) is 9.59 Å². The molecule has 0 amide bonds. The third kappa shape index (κ3) is 3.48. The molecule has 2 aromatic heterocycles. The summed E-state index contributed by atoms with van der Waals surface area (Å²) in [6.07, 6.45) is 1.41. The summed E-state index contributed by atoms with van der Waals surface area (Å²) in [7, 11) is 1.52. The van der Waals surface area contributed by atoms with Crippen LogP contribution in [0.4, 0.5) is 0 Å². The maximum absolute atomic E-state index is 12.9. The molecule has 0 bridgehead atoms. The summed E-state index contributed by atoms with van der Waals surface area (Å²) in [5, 5.41) is 1.29. The Morgan fingerprint density at radius 3 is 2.41 bits per heavy atom. The van der Waals surface area contributed by atoms with E-state index in [9.17, 15) is 14.4 Å². The van der Waals surface area contributed by atoms with Crippen molar-refractivity contribution in [2.24, 2.45) is 0 Å². The number of ketones is 1. The molecule has 2 heterocycles. The van der Waals surface area contributed by atoms with Gasteiger partial charge in [0, 0.05) is 10.8 Å². The van der Waals surface area contributed by atoms with Crippen molar-refractivity contribution in [2.45, 2.75) is 6.92 Å². The molecule has 0 aliphatic heterocycles.